The fourth-order valence-corrected chi connectivity index (χ4v) is 2.46. The van der Waals surface area contributed by atoms with Gasteiger partial charge in [-0.15, -0.1) is 0 Å². The molecule has 1 aromatic rings. The summed E-state index contributed by atoms with van der Waals surface area (Å²) in [7, 11) is 4.06. The second kappa shape index (κ2) is 4.23. The molecule has 1 aromatic carbocycles. The number of fused-ring (bicyclic) bond motifs is 2. The topological polar surface area (TPSA) is 51.5 Å². The van der Waals surface area contributed by atoms with E-state index >= 15 is 0 Å². The van der Waals surface area contributed by atoms with Gasteiger partial charge in [0.1, 0.15) is 0 Å². The predicted molar refractivity (Wildman–Crippen MR) is 81.4 cm³/mol. The number of hydrogen-bond acceptors (Lipinski definition) is 4. The van der Waals surface area contributed by atoms with Crippen LogP contribution in [0, 0.1) is 5.41 Å². The third-order valence-electron chi connectivity index (χ3n) is 3.68. The normalized spacial score (nSPS) is 20.8. The van der Waals surface area contributed by atoms with Crippen LogP contribution < -0.4 is 10.2 Å². The first kappa shape index (κ1) is 12.0. The molecule has 1 atom stereocenters. The van der Waals surface area contributed by atoms with E-state index in [9.17, 15) is 0 Å². The first-order valence-electron chi connectivity index (χ1n) is 6.47. The molecule has 4 heteroatoms. The number of rotatable bonds is 1. The molecule has 0 saturated heterocycles. The number of aliphatic imine (C=N–C) groups is 1. The minimum absolute atomic E-state index is 0.140. The van der Waals surface area contributed by atoms with Crippen LogP contribution >= 0.6 is 0 Å². The number of nitrogens with zero attached hydrogens (tertiary/aromatic N) is 2. The lowest BCUT2D eigenvalue weighted by Gasteiger charge is -2.30. The standard InChI is InChI=1S/C15H18N4/c1-9-6-13-15(8-11(9)16)18-14-7-10(19(2)3)4-5-12(14)17-13/h4-7,15-16,18H,8H2,1-3H3. The maximum Gasteiger partial charge on any atom is 0.0866 e. The van der Waals surface area contributed by atoms with Gasteiger partial charge in [0.15, 0.2) is 0 Å². The van der Waals surface area contributed by atoms with Crippen molar-refractivity contribution in [3.05, 3.63) is 29.8 Å². The Morgan fingerprint density at radius 1 is 1.37 bits per heavy atom. The van der Waals surface area contributed by atoms with Gasteiger partial charge in [-0.3, -0.25) is 0 Å². The SMILES string of the molecule is CC1=CC2=Nc3ccc(N(C)C)cc3NC2CC1=N. The van der Waals surface area contributed by atoms with E-state index in [1.165, 1.54) is 0 Å². The Morgan fingerprint density at radius 3 is 2.89 bits per heavy atom. The minimum Gasteiger partial charge on any atom is -0.378 e. The third kappa shape index (κ3) is 2.03. The summed E-state index contributed by atoms with van der Waals surface area (Å²) in [6, 6.07) is 6.38. The molecule has 3 rings (SSSR count). The van der Waals surface area contributed by atoms with E-state index < -0.39 is 0 Å². The molecule has 19 heavy (non-hydrogen) atoms. The molecule has 1 aliphatic carbocycles. The zero-order valence-electron chi connectivity index (χ0n) is 11.5. The molecule has 0 fully saturated rings. The Bertz CT molecular complexity index is 611. The summed E-state index contributed by atoms with van der Waals surface area (Å²) in [4.78, 5) is 6.79. The number of allylic oxidation sites excluding steroid dienone is 1. The van der Waals surface area contributed by atoms with Crippen LogP contribution in [0.15, 0.2) is 34.8 Å². The molecule has 2 N–H and O–H groups in total. The number of hydrogen-bond donors (Lipinski definition) is 2. The van der Waals surface area contributed by atoms with Gasteiger partial charge in [-0.2, -0.15) is 0 Å². The summed E-state index contributed by atoms with van der Waals surface area (Å²) in [6.45, 7) is 1.98. The maximum absolute atomic E-state index is 7.94. The van der Waals surface area contributed by atoms with E-state index in [0.29, 0.717) is 12.1 Å². The highest BCUT2D eigenvalue weighted by molar-refractivity contribution is 6.16. The largest absolute Gasteiger partial charge is 0.378 e. The van der Waals surface area contributed by atoms with Crippen molar-refractivity contribution in [1.82, 2.24) is 0 Å². The van der Waals surface area contributed by atoms with Crippen LogP contribution in [0.5, 0.6) is 0 Å². The van der Waals surface area contributed by atoms with Crippen molar-refractivity contribution in [3.63, 3.8) is 0 Å². The van der Waals surface area contributed by atoms with Crippen molar-refractivity contribution in [2.45, 2.75) is 19.4 Å². The molecule has 2 aliphatic rings. The van der Waals surface area contributed by atoms with Crippen LogP contribution in [0.4, 0.5) is 17.1 Å². The highest BCUT2D eigenvalue weighted by Gasteiger charge is 2.26. The van der Waals surface area contributed by atoms with Gasteiger partial charge in [0.05, 0.1) is 23.1 Å². The van der Waals surface area contributed by atoms with Crippen LogP contribution in [0.1, 0.15) is 13.3 Å². The van der Waals surface area contributed by atoms with Crippen molar-refractivity contribution < 1.29 is 0 Å². The monoisotopic (exact) mass is 254 g/mol. The molecule has 0 bridgehead atoms. The number of anilines is 2. The molecule has 0 spiro atoms. The first-order chi connectivity index (χ1) is 9.04. The van der Waals surface area contributed by atoms with Crippen molar-refractivity contribution >= 4 is 28.5 Å². The Balaban J connectivity index is 2.04. The Kier molecular flexibility index (Phi) is 2.66. The van der Waals surface area contributed by atoms with Gasteiger partial charge in [-0.1, -0.05) is 0 Å². The van der Waals surface area contributed by atoms with Gasteiger partial charge in [0, 0.05) is 31.9 Å². The van der Waals surface area contributed by atoms with Gasteiger partial charge in [-0.05, 0) is 36.8 Å². The molecular formula is C15H18N4. The van der Waals surface area contributed by atoms with Gasteiger partial charge in [0.2, 0.25) is 0 Å². The molecule has 1 unspecified atom stereocenters. The molecule has 0 saturated carbocycles. The van der Waals surface area contributed by atoms with Crippen molar-refractivity contribution in [2.75, 3.05) is 24.3 Å². The van der Waals surface area contributed by atoms with E-state index in [1.807, 2.05) is 33.2 Å². The average molecular weight is 254 g/mol. The molecule has 4 nitrogen and oxygen atoms in total. The van der Waals surface area contributed by atoms with Crippen LogP contribution in [0.25, 0.3) is 0 Å². The predicted octanol–water partition coefficient (Wildman–Crippen LogP) is 2.99. The first-order valence-corrected chi connectivity index (χ1v) is 6.47. The van der Waals surface area contributed by atoms with E-state index in [2.05, 4.69) is 22.3 Å². The average Bonchev–Trinajstić information content (AvgIpc) is 2.37. The smallest absolute Gasteiger partial charge is 0.0866 e. The zero-order chi connectivity index (χ0) is 13.6. The lowest BCUT2D eigenvalue weighted by molar-refractivity contribution is 0.936. The Labute approximate surface area is 113 Å². The zero-order valence-corrected chi connectivity index (χ0v) is 11.5. The van der Waals surface area contributed by atoms with Crippen molar-refractivity contribution in [3.8, 4) is 0 Å². The second-order valence-corrected chi connectivity index (χ2v) is 5.34. The summed E-state index contributed by atoms with van der Waals surface area (Å²) < 4.78 is 0. The summed E-state index contributed by atoms with van der Waals surface area (Å²) >= 11 is 0. The van der Waals surface area contributed by atoms with Crippen LogP contribution in [0.3, 0.4) is 0 Å². The van der Waals surface area contributed by atoms with Crippen LogP contribution in [0.2, 0.25) is 0 Å². The molecular weight excluding hydrogens is 236 g/mol. The van der Waals surface area contributed by atoms with E-state index in [-0.39, 0.29) is 6.04 Å². The lowest BCUT2D eigenvalue weighted by atomic mass is 9.91. The Morgan fingerprint density at radius 2 is 2.16 bits per heavy atom. The summed E-state index contributed by atoms with van der Waals surface area (Å²) in [5.41, 5.74) is 5.95. The Hall–Kier alpha value is -2.10. The van der Waals surface area contributed by atoms with E-state index in [1.54, 1.807) is 0 Å². The molecule has 1 heterocycles. The number of benzene rings is 1. The van der Waals surface area contributed by atoms with E-state index in [4.69, 9.17) is 10.4 Å². The molecule has 0 radical (unpaired) electrons. The van der Waals surface area contributed by atoms with Crippen LogP contribution in [-0.2, 0) is 0 Å². The maximum atomic E-state index is 7.94. The van der Waals surface area contributed by atoms with Crippen molar-refractivity contribution in [2.24, 2.45) is 4.99 Å². The van der Waals surface area contributed by atoms with Gasteiger partial charge < -0.3 is 15.6 Å². The highest BCUT2D eigenvalue weighted by Crippen LogP contribution is 2.35. The van der Waals surface area contributed by atoms with Gasteiger partial charge in [0.25, 0.3) is 0 Å². The fourth-order valence-electron chi connectivity index (χ4n) is 2.46. The van der Waals surface area contributed by atoms with Gasteiger partial charge >= 0.3 is 0 Å². The van der Waals surface area contributed by atoms with Crippen molar-refractivity contribution in [1.29, 1.82) is 5.41 Å². The highest BCUT2D eigenvalue weighted by atomic mass is 15.1. The van der Waals surface area contributed by atoms with Crippen LogP contribution in [-0.4, -0.2) is 31.6 Å². The third-order valence-corrected chi connectivity index (χ3v) is 3.68. The van der Waals surface area contributed by atoms with Gasteiger partial charge in [-0.25, -0.2) is 4.99 Å². The molecule has 0 aromatic heterocycles. The lowest BCUT2D eigenvalue weighted by Crippen LogP contribution is -2.36. The molecule has 0 amide bonds. The fraction of sp³-hybridized carbons (Fsp3) is 0.333. The molecule has 98 valence electrons. The molecule has 1 aliphatic heterocycles. The summed E-state index contributed by atoms with van der Waals surface area (Å²) in [5.74, 6) is 0. The summed E-state index contributed by atoms with van der Waals surface area (Å²) in [6.07, 6.45) is 2.74. The minimum atomic E-state index is 0.140. The van der Waals surface area contributed by atoms with E-state index in [0.717, 1.165) is 28.3 Å². The second-order valence-electron chi connectivity index (χ2n) is 5.34. The summed E-state index contributed by atoms with van der Waals surface area (Å²) in [5, 5.41) is 11.4. The number of nitrogens with one attached hydrogen (secondary N) is 2. The quantitative estimate of drug-likeness (QED) is 0.809.